The van der Waals surface area contributed by atoms with Crippen molar-refractivity contribution < 1.29 is 14.3 Å². The predicted molar refractivity (Wildman–Crippen MR) is 103 cm³/mol. The van der Waals surface area contributed by atoms with Gasteiger partial charge in [-0.15, -0.1) is 0 Å². The molecule has 2 fully saturated rings. The van der Waals surface area contributed by atoms with E-state index in [1.165, 1.54) is 19.8 Å². The molecule has 142 valence electrons. The number of carbonyl (C=O) groups excluding carboxylic acids is 2. The molecule has 0 aromatic heterocycles. The van der Waals surface area contributed by atoms with Crippen molar-refractivity contribution in [2.45, 2.75) is 32.6 Å². The van der Waals surface area contributed by atoms with Crippen molar-refractivity contribution in [3.05, 3.63) is 24.3 Å². The standard InChI is InChI=1S/C20H29N3O3/c1-17(24)23(16-20(25)22-10-6-2-3-7-11-22)19-9-5-4-8-18(19)21-12-14-26-15-13-21/h4-5,8-9H,2-3,6-7,10-16H2,1H3. The number of likely N-dealkylation sites (tertiary alicyclic amines) is 1. The summed E-state index contributed by atoms with van der Waals surface area (Å²) in [6, 6.07) is 7.85. The van der Waals surface area contributed by atoms with Crippen molar-refractivity contribution in [1.29, 1.82) is 0 Å². The molecule has 2 heterocycles. The van der Waals surface area contributed by atoms with Crippen molar-refractivity contribution >= 4 is 23.2 Å². The molecule has 2 aliphatic heterocycles. The van der Waals surface area contributed by atoms with E-state index in [0.717, 1.165) is 50.4 Å². The maximum atomic E-state index is 12.8. The summed E-state index contributed by atoms with van der Waals surface area (Å²) in [5.41, 5.74) is 1.81. The topological polar surface area (TPSA) is 53.1 Å². The Morgan fingerprint density at radius 1 is 1.00 bits per heavy atom. The van der Waals surface area contributed by atoms with Crippen LogP contribution in [0.4, 0.5) is 11.4 Å². The lowest BCUT2D eigenvalue weighted by molar-refractivity contribution is -0.131. The third kappa shape index (κ3) is 4.55. The summed E-state index contributed by atoms with van der Waals surface area (Å²) < 4.78 is 5.44. The van der Waals surface area contributed by atoms with E-state index in [0.29, 0.717) is 13.2 Å². The van der Waals surface area contributed by atoms with Crippen molar-refractivity contribution in [1.82, 2.24) is 4.90 Å². The Bertz CT molecular complexity index is 620. The average molecular weight is 359 g/mol. The van der Waals surface area contributed by atoms with Gasteiger partial charge in [0.1, 0.15) is 6.54 Å². The fourth-order valence-corrected chi connectivity index (χ4v) is 3.69. The first kappa shape index (κ1) is 18.7. The molecule has 0 spiro atoms. The van der Waals surface area contributed by atoms with E-state index in [4.69, 9.17) is 4.74 Å². The van der Waals surface area contributed by atoms with Crippen LogP contribution in [0.1, 0.15) is 32.6 Å². The molecule has 2 saturated heterocycles. The van der Waals surface area contributed by atoms with Gasteiger partial charge in [-0.1, -0.05) is 25.0 Å². The second-order valence-corrected chi connectivity index (χ2v) is 6.99. The number of morpholine rings is 1. The summed E-state index contributed by atoms with van der Waals surface area (Å²) in [6.07, 6.45) is 4.46. The molecule has 0 bridgehead atoms. The zero-order valence-corrected chi connectivity index (χ0v) is 15.7. The van der Waals surface area contributed by atoms with E-state index in [9.17, 15) is 9.59 Å². The van der Waals surface area contributed by atoms with Crippen molar-refractivity contribution in [2.24, 2.45) is 0 Å². The van der Waals surface area contributed by atoms with Crippen molar-refractivity contribution in [2.75, 3.05) is 55.7 Å². The summed E-state index contributed by atoms with van der Waals surface area (Å²) in [4.78, 5) is 31.0. The van der Waals surface area contributed by atoms with E-state index >= 15 is 0 Å². The molecule has 0 radical (unpaired) electrons. The number of ether oxygens (including phenoxy) is 1. The molecule has 3 rings (SSSR count). The highest BCUT2D eigenvalue weighted by atomic mass is 16.5. The minimum Gasteiger partial charge on any atom is -0.378 e. The smallest absolute Gasteiger partial charge is 0.242 e. The molecular weight excluding hydrogens is 330 g/mol. The maximum absolute atomic E-state index is 12.8. The number of hydrogen-bond donors (Lipinski definition) is 0. The monoisotopic (exact) mass is 359 g/mol. The van der Waals surface area contributed by atoms with E-state index in [1.54, 1.807) is 4.90 Å². The number of amides is 2. The lowest BCUT2D eigenvalue weighted by Gasteiger charge is -2.33. The van der Waals surface area contributed by atoms with E-state index in [1.807, 2.05) is 29.2 Å². The minimum atomic E-state index is -0.103. The van der Waals surface area contributed by atoms with Gasteiger partial charge in [0.05, 0.1) is 24.6 Å². The van der Waals surface area contributed by atoms with Crippen LogP contribution in [-0.2, 0) is 14.3 Å². The van der Waals surface area contributed by atoms with Crippen LogP contribution in [0, 0.1) is 0 Å². The quantitative estimate of drug-likeness (QED) is 0.828. The molecule has 0 aliphatic carbocycles. The van der Waals surface area contributed by atoms with Crippen LogP contribution in [0.3, 0.4) is 0 Å². The number of para-hydroxylation sites is 2. The number of carbonyl (C=O) groups is 2. The van der Waals surface area contributed by atoms with Crippen LogP contribution in [-0.4, -0.2) is 62.7 Å². The van der Waals surface area contributed by atoms with Crippen LogP contribution in [0.15, 0.2) is 24.3 Å². The van der Waals surface area contributed by atoms with Gasteiger partial charge < -0.3 is 19.4 Å². The van der Waals surface area contributed by atoms with Crippen LogP contribution < -0.4 is 9.80 Å². The molecule has 2 amide bonds. The summed E-state index contributed by atoms with van der Waals surface area (Å²) in [7, 11) is 0. The normalized spacial score (nSPS) is 18.3. The molecule has 1 aromatic carbocycles. The van der Waals surface area contributed by atoms with Gasteiger partial charge in [-0.05, 0) is 25.0 Å². The van der Waals surface area contributed by atoms with Crippen LogP contribution in [0.25, 0.3) is 0 Å². The molecule has 26 heavy (non-hydrogen) atoms. The molecule has 6 heteroatoms. The highest BCUT2D eigenvalue weighted by Gasteiger charge is 2.24. The molecule has 0 N–H and O–H groups in total. The first-order valence-corrected chi connectivity index (χ1v) is 9.64. The van der Waals surface area contributed by atoms with Gasteiger partial charge in [-0.2, -0.15) is 0 Å². The van der Waals surface area contributed by atoms with Gasteiger partial charge >= 0.3 is 0 Å². The number of rotatable bonds is 4. The number of anilines is 2. The number of benzene rings is 1. The van der Waals surface area contributed by atoms with Gasteiger partial charge in [-0.25, -0.2) is 0 Å². The molecule has 0 unspecified atom stereocenters. The zero-order valence-electron chi connectivity index (χ0n) is 15.7. The lowest BCUT2D eigenvalue weighted by atomic mass is 10.2. The molecule has 6 nitrogen and oxygen atoms in total. The molecule has 1 aromatic rings. The number of hydrogen-bond acceptors (Lipinski definition) is 4. The van der Waals surface area contributed by atoms with Crippen LogP contribution >= 0.6 is 0 Å². The fraction of sp³-hybridized carbons (Fsp3) is 0.600. The lowest BCUT2D eigenvalue weighted by Crippen LogP contribution is -2.44. The fourth-order valence-electron chi connectivity index (χ4n) is 3.69. The minimum absolute atomic E-state index is 0.0406. The molecule has 2 aliphatic rings. The van der Waals surface area contributed by atoms with Gasteiger partial charge in [0, 0.05) is 33.1 Å². The highest BCUT2D eigenvalue weighted by molar-refractivity contribution is 6.00. The Hall–Kier alpha value is -2.08. The van der Waals surface area contributed by atoms with Gasteiger partial charge in [-0.3, -0.25) is 9.59 Å². The SMILES string of the molecule is CC(=O)N(CC(=O)N1CCCCCC1)c1ccccc1N1CCOCC1. The largest absolute Gasteiger partial charge is 0.378 e. The first-order valence-electron chi connectivity index (χ1n) is 9.64. The van der Waals surface area contributed by atoms with E-state index in [2.05, 4.69) is 4.90 Å². The Balaban J connectivity index is 1.79. The molecule has 0 atom stereocenters. The zero-order chi connectivity index (χ0) is 18.4. The van der Waals surface area contributed by atoms with E-state index in [-0.39, 0.29) is 18.4 Å². The van der Waals surface area contributed by atoms with Crippen LogP contribution in [0.5, 0.6) is 0 Å². The summed E-state index contributed by atoms with van der Waals surface area (Å²) >= 11 is 0. The summed E-state index contributed by atoms with van der Waals surface area (Å²) in [6.45, 7) is 6.20. The first-order chi connectivity index (χ1) is 12.7. The number of nitrogens with zero attached hydrogens (tertiary/aromatic N) is 3. The van der Waals surface area contributed by atoms with Crippen molar-refractivity contribution in [3.63, 3.8) is 0 Å². The molecular formula is C20H29N3O3. The Labute approximate surface area is 155 Å². The third-order valence-electron chi connectivity index (χ3n) is 5.16. The van der Waals surface area contributed by atoms with Gasteiger partial charge in [0.15, 0.2) is 0 Å². The van der Waals surface area contributed by atoms with Gasteiger partial charge in [0.25, 0.3) is 0 Å². The second kappa shape index (κ2) is 9.03. The Morgan fingerprint density at radius 2 is 1.65 bits per heavy atom. The summed E-state index contributed by atoms with van der Waals surface area (Å²) in [5, 5.41) is 0. The van der Waals surface area contributed by atoms with Crippen LogP contribution in [0.2, 0.25) is 0 Å². The highest BCUT2D eigenvalue weighted by Crippen LogP contribution is 2.30. The Morgan fingerprint density at radius 3 is 2.31 bits per heavy atom. The third-order valence-corrected chi connectivity index (χ3v) is 5.16. The average Bonchev–Trinajstić information content (AvgIpc) is 2.96. The predicted octanol–water partition coefficient (Wildman–Crippen LogP) is 2.28. The Kier molecular flexibility index (Phi) is 6.50. The summed E-state index contributed by atoms with van der Waals surface area (Å²) in [5.74, 6) is -0.0623. The molecule has 0 saturated carbocycles. The van der Waals surface area contributed by atoms with E-state index < -0.39 is 0 Å². The van der Waals surface area contributed by atoms with Gasteiger partial charge in [0.2, 0.25) is 11.8 Å². The second-order valence-electron chi connectivity index (χ2n) is 6.99. The van der Waals surface area contributed by atoms with Crippen molar-refractivity contribution in [3.8, 4) is 0 Å². The maximum Gasteiger partial charge on any atom is 0.242 e.